The molecule has 6 heteroatoms. The Balaban J connectivity index is 2.22. The molecule has 1 aromatic carbocycles. The maximum atomic E-state index is 12.8. The predicted molar refractivity (Wildman–Crippen MR) is 82.4 cm³/mol. The smallest absolute Gasteiger partial charge is 0.326 e. The van der Waals surface area contributed by atoms with Gasteiger partial charge in [0.1, 0.15) is 5.37 Å². The van der Waals surface area contributed by atoms with Gasteiger partial charge in [-0.3, -0.25) is 4.79 Å². The molecule has 0 N–H and O–H groups in total. The minimum atomic E-state index is -4.36. The van der Waals surface area contributed by atoms with Crippen molar-refractivity contribution in [1.82, 2.24) is 4.90 Å². The van der Waals surface area contributed by atoms with Gasteiger partial charge < -0.3 is 4.90 Å². The van der Waals surface area contributed by atoms with Crippen LogP contribution in [0.4, 0.5) is 13.2 Å². The summed E-state index contributed by atoms with van der Waals surface area (Å²) in [6.07, 6.45) is -3.97. The lowest BCUT2D eigenvalue weighted by Crippen LogP contribution is -2.33. The lowest BCUT2D eigenvalue weighted by atomic mass is 9.91. The topological polar surface area (TPSA) is 20.3 Å². The van der Waals surface area contributed by atoms with Crippen LogP contribution in [0, 0.1) is 5.41 Å². The van der Waals surface area contributed by atoms with Gasteiger partial charge in [-0.25, -0.2) is 0 Å². The number of halogens is 3. The molecule has 1 aromatic rings. The van der Waals surface area contributed by atoms with Crippen molar-refractivity contribution in [2.24, 2.45) is 5.41 Å². The molecule has 0 saturated carbocycles. The summed E-state index contributed by atoms with van der Waals surface area (Å²) in [5.41, 5.74) is -0.261. The summed E-state index contributed by atoms with van der Waals surface area (Å²) >= 11 is 1.51. The zero-order valence-corrected chi connectivity index (χ0v) is 13.7. The monoisotopic (exact) mass is 331 g/mol. The SMILES string of the molecule is CC(C)(C)CC(=O)N1CCSC1c1cccc(C(F)(F)F)c1. The molecule has 1 fully saturated rings. The number of hydrogen-bond donors (Lipinski definition) is 0. The second-order valence-electron chi connectivity index (χ2n) is 6.67. The van der Waals surface area contributed by atoms with Crippen LogP contribution < -0.4 is 0 Å². The minimum absolute atomic E-state index is 0.0000817. The fourth-order valence-electron chi connectivity index (χ4n) is 2.43. The molecule has 0 bridgehead atoms. The zero-order chi connectivity index (χ0) is 16.5. The van der Waals surface area contributed by atoms with E-state index in [0.717, 1.165) is 17.9 Å². The Kier molecular flexibility index (Phi) is 4.80. The molecule has 1 atom stereocenters. The molecular formula is C16H20F3NOS. The van der Waals surface area contributed by atoms with Crippen LogP contribution in [0.2, 0.25) is 0 Å². The van der Waals surface area contributed by atoms with E-state index in [2.05, 4.69) is 0 Å². The number of thioether (sulfide) groups is 1. The number of rotatable bonds is 2. The van der Waals surface area contributed by atoms with E-state index < -0.39 is 11.7 Å². The van der Waals surface area contributed by atoms with Crippen molar-refractivity contribution in [1.29, 1.82) is 0 Å². The molecule has 2 nitrogen and oxygen atoms in total. The summed E-state index contributed by atoms with van der Waals surface area (Å²) in [6, 6.07) is 5.28. The second-order valence-corrected chi connectivity index (χ2v) is 7.86. The first-order valence-corrected chi connectivity index (χ1v) is 8.21. The lowest BCUT2D eigenvalue weighted by Gasteiger charge is -2.28. The number of hydrogen-bond acceptors (Lipinski definition) is 2. The number of benzene rings is 1. The Hall–Kier alpha value is -1.17. The molecule has 1 amide bonds. The summed E-state index contributed by atoms with van der Waals surface area (Å²) in [5, 5.41) is -0.322. The van der Waals surface area contributed by atoms with Crippen molar-refractivity contribution in [2.45, 2.75) is 38.7 Å². The van der Waals surface area contributed by atoms with Crippen LogP contribution >= 0.6 is 11.8 Å². The number of carbonyl (C=O) groups is 1. The average Bonchev–Trinajstić information content (AvgIpc) is 2.85. The zero-order valence-electron chi connectivity index (χ0n) is 12.9. The standard InChI is InChI=1S/C16H20F3NOS/c1-15(2,3)10-13(21)20-7-8-22-14(20)11-5-4-6-12(9-11)16(17,18)19/h4-6,9,14H,7-8,10H2,1-3H3. The number of nitrogens with zero attached hydrogens (tertiary/aromatic N) is 1. The first-order chi connectivity index (χ1) is 10.1. The molecule has 0 radical (unpaired) electrons. The van der Waals surface area contributed by atoms with Crippen LogP contribution in [0.15, 0.2) is 24.3 Å². The number of alkyl halides is 3. The first kappa shape index (κ1) is 17.2. The van der Waals surface area contributed by atoms with Crippen molar-refractivity contribution in [2.75, 3.05) is 12.3 Å². The van der Waals surface area contributed by atoms with Gasteiger partial charge in [-0.1, -0.05) is 32.9 Å². The largest absolute Gasteiger partial charge is 0.416 e. The van der Waals surface area contributed by atoms with Crippen molar-refractivity contribution in [3.63, 3.8) is 0 Å². The molecule has 0 aromatic heterocycles. The highest BCUT2D eigenvalue weighted by Crippen LogP contribution is 2.41. The molecule has 0 aliphatic carbocycles. The van der Waals surface area contributed by atoms with E-state index in [1.54, 1.807) is 11.0 Å². The summed E-state index contributed by atoms with van der Waals surface area (Å²) in [6.45, 7) is 6.52. The van der Waals surface area contributed by atoms with Crippen molar-refractivity contribution >= 4 is 17.7 Å². The molecule has 1 saturated heterocycles. The van der Waals surface area contributed by atoms with Crippen LogP contribution in [0.3, 0.4) is 0 Å². The molecule has 22 heavy (non-hydrogen) atoms. The van der Waals surface area contributed by atoms with Crippen LogP contribution in [0.5, 0.6) is 0 Å². The maximum absolute atomic E-state index is 12.8. The molecule has 0 spiro atoms. The average molecular weight is 331 g/mol. The van der Waals surface area contributed by atoms with E-state index in [1.807, 2.05) is 20.8 Å². The molecule has 1 aliphatic heterocycles. The van der Waals surface area contributed by atoms with Crippen molar-refractivity contribution < 1.29 is 18.0 Å². The van der Waals surface area contributed by atoms with Gasteiger partial charge >= 0.3 is 6.18 Å². The highest BCUT2D eigenvalue weighted by atomic mass is 32.2. The Morgan fingerprint density at radius 2 is 2.00 bits per heavy atom. The van der Waals surface area contributed by atoms with E-state index in [4.69, 9.17) is 0 Å². The van der Waals surface area contributed by atoms with E-state index in [-0.39, 0.29) is 16.7 Å². The minimum Gasteiger partial charge on any atom is -0.326 e. The van der Waals surface area contributed by atoms with Gasteiger partial charge in [0.25, 0.3) is 0 Å². The summed E-state index contributed by atoms with van der Waals surface area (Å²) in [4.78, 5) is 14.1. The van der Waals surface area contributed by atoms with Gasteiger partial charge in [0.2, 0.25) is 5.91 Å². The third kappa shape index (κ3) is 4.18. The maximum Gasteiger partial charge on any atom is 0.416 e. The normalized spacial score (nSPS) is 19.5. The van der Waals surface area contributed by atoms with Gasteiger partial charge in [-0.05, 0) is 23.1 Å². The Morgan fingerprint density at radius 3 is 2.59 bits per heavy atom. The Labute approximate surface area is 133 Å². The fraction of sp³-hybridized carbons (Fsp3) is 0.562. The third-order valence-corrected chi connectivity index (χ3v) is 4.65. The van der Waals surface area contributed by atoms with E-state index in [0.29, 0.717) is 18.5 Å². The lowest BCUT2D eigenvalue weighted by molar-refractivity contribution is -0.137. The summed E-state index contributed by atoms with van der Waals surface area (Å²) in [5.74, 6) is 0.747. The Morgan fingerprint density at radius 1 is 1.32 bits per heavy atom. The van der Waals surface area contributed by atoms with Crippen molar-refractivity contribution in [3.05, 3.63) is 35.4 Å². The number of carbonyl (C=O) groups excluding carboxylic acids is 1. The van der Waals surface area contributed by atoms with Gasteiger partial charge in [0.15, 0.2) is 0 Å². The highest BCUT2D eigenvalue weighted by Gasteiger charge is 2.35. The van der Waals surface area contributed by atoms with Gasteiger partial charge in [-0.2, -0.15) is 13.2 Å². The number of amides is 1. The molecule has 2 rings (SSSR count). The van der Waals surface area contributed by atoms with Crippen LogP contribution in [0.25, 0.3) is 0 Å². The van der Waals surface area contributed by atoms with Crippen LogP contribution in [-0.2, 0) is 11.0 Å². The van der Waals surface area contributed by atoms with Crippen LogP contribution in [-0.4, -0.2) is 23.1 Å². The van der Waals surface area contributed by atoms with Crippen LogP contribution in [0.1, 0.15) is 43.7 Å². The predicted octanol–water partition coefficient (Wildman–Crippen LogP) is 4.72. The first-order valence-electron chi connectivity index (χ1n) is 7.16. The summed E-state index contributed by atoms with van der Waals surface area (Å²) < 4.78 is 38.5. The second kappa shape index (κ2) is 6.14. The highest BCUT2D eigenvalue weighted by molar-refractivity contribution is 7.99. The van der Waals surface area contributed by atoms with Gasteiger partial charge in [0.05, 0.1) is 5.56 Å². The van der Waals surface area contributed by atoms with Gasteiger partial charge in [0, 0.05) is 18.7 Å². The van der Waals surface area contributed by atoms with E-state index in [1.165, 1.54) is 17.8 Å². The molecule has 1 heterocycles. The van der Waals surface area contributed by atoms with E-state index >= 15 is 0 Å². The van der Waals surface area contributed by atoms with Crippen molar-refractivity contribution in [3.8, 4) is 0 Å². The third-order valence-electron chi connectivity index (χ3n) is 3.39. The quantitative estimate of drug-likeness (QED) is 0.782. The molecule has 1 unspecified atom stereocenters. The summed E-state index contributed by atoms with van der Waals surface area (Å²) in [7, 11) is 0. The van der Waals surface area contributed by atoms with E-state index in [9.17, 15) is 18.0 Å². The Bertz CT molecular complexity index is 551. The molecule has 1 aliphatic rings. The fourth-order valence-corrected chi connectivity index (χ4v) is 3.69. The molecule has 122 valence electrons. The molecular weight excluding hydrogens is 311 g/mol. The van der Waals surface area contributed by atoms with Gasteiger partial charge in [-0.15, -0.1) is 11.8 Å².